The highest BCUT2D eigenvalue weighted by atomic mass is 35.5. The predicted molar refractivity (Wildman–Crippen MR) is 126 cm³/mol. The molecule has 1 heterocycles. The molecule has 2 aromatic rings. The lowest BCUT2D eigenvalue weighted by molar-refractivity contribution is -0.116. The van der Waals surface area contributed by atoms with Crippen molar-refractivity contribution in [3.8, 4) is 11.5 Å². The van der Waals surface area contributed by atoms with Gasteiger partial charge < -0.3 is 19.7 Å². The van der Waals surface area contributed by atoms with E-state index in [1.165, 1.54) is 0 Å². The van der Waals surface area contributed by atoms with E-state index in [2.05, 4.69) is 5.32 Å². The Hall–Kier alpha value is -2.57. The summed E-state index contributed by atoms with van der Waals surface area (Å²) in [6, 6.07) is 13.0. The van der Waals surface area contributed by atoms with Crippen molar-refractivity contribution < 1.29 is 14.3 Å². The fourth-order valence-electron chi connectivity index (χ4n) is 4.19. The van der Waals surface area contributed by atoms with Crippen molar-refractivity contribution in [3.63, 3.8) is 0 Å². The van der Waals surface area contributed by atoms with Crippen LogP contribution in [0.4, 0.5) is 0 Å². The smallest absolute Gasteiger partial charge is 0.173 e. The molecular weight excluding hydrogens is 432 g/mol. The van der Waals surface area contributed by atoms with Gasteiger partial charge in [0.05, 0.1) is 13.2 Å². The number of hydrogen-bond donors (Lipinski definition) is 1. The summed E-state index contributed by atoms with van der Waals surface area (Å²) in [5.74, 6) is 1.39. The fraction of sp³-hybridized carbons (Fsp3) is 0.333. The Morgan fingerprint density at radius 3 is 2.74 bits per heavy atom. The third kappa shape index (κ3) is 4.27. The van der Waals surface area contributed by atoms with Gasteiger partial charge in [-0.15, -0.1) is 0 Å². The molecule has 0 radical (unpaired) electrons. The molecule has 1 aliphatic heterocycles. The van der Waals surface area contributed by atoms with E-state index in [9.17, 15) is 4.79 Å². The molecule has 2 aromatic carbocycles. The second kappa shape index (κ2) is 9.28. The highest BCUT2D eigenvalue weighted by Crippen LogP contribution is 2.40. The maximum atomic E-state index is 12.9. The van der Waals surface area contributed by atoms with E-state index in [1.807, 2.05) is 54.3 Å². The molecule has 1 aliphatic carbocycles. The van der Waals surface area contributed by atoms with Gasteiger partial charge in [-0.05, 0) is 55.7 Å². The van der Waals surface area contributed by atoms with E-state index < -0.39 is 0 Å². The Bertz CT molecular complexity index is 1050. The number of ether oxygens (including phenoxy) is 2. The van der Waals surface area contributed by atoms with Crippen molar-refractivity contribution in [2.24, 2.45) is 0 Å². The van der Waals surface area contributed by atoms with Crippen LogP contribution in [0.2, 0.25) is 5.02 Å². The van der Waals surface area contributed by atoms with Gasteiger partial charge in [0.2, 0.25) is 0 Å². The molecule has 4 rings (SSSR count). The monoisotopic (exact) mass is 456 g/mol. The first-order valence-corrected chi connectivity index (χ1v) is 11.2. The van der Waals surface area contributed by atoms with Gasteiger partial charge in [-0.2, -0.15) is 0 Å². The predicted octanol–water partition coefficient (Wildman–Crippen LogP) is 5.19. The van der Waals surface area contributed by atoms with Gasteiger partial charge in [0.25, 0.3) is 0 Å². The van der Waals surface area contributed by atoms with Crippen molar-refractivity contribution in [2.45, 2.75) is 38.8 Å². The molecule has 0 spiro atoms. The quantitative estimate of drug-likeness (QED) is 0.604. The Morgan fingerprint density at radius 1 is 1.19 bits per heavy atom. The number of ketones is 1. The number of thiocarbonyl (C=S) groups is 1. The van der Waals surface area contributed by atoms with Crippen LogP contribution in [0.3, 0.4) is 0 Å². The van der Waals surface area contributed by atoms with E-state index in [0.717, 1.165) is 41.8 Å². The molecule has 0 bridgehead atoms. The van der Waals surface area contributed by atoms with E-state index in [4.69, 9.17) is 33.3 Å². The minimum atomic E-state index is -0.299. The van der Waals surface area contributed by atoms with Gasteiger partial charge in [0.1, 0.15) is 6.61 Å². The molecule has 2 aliphatic rings. The Morgan fingerprint density at radius 2 is 2.00 bits per heavy atom. The lowest BCUT2D eigenvalue weighted by Gasteiger charge is -2.40. The number of rotatable bonds is 6. The molecule has 7 heteroatoms. The molecule has 0 aromatic heterocycles. The number of halogens is 1. The first-order chi connectivity index (χ1) is 15.0. The van der Waals surface area contributed by atoms with Crippen LogP contribution in [0, 0.1) is 0 Å². The van der Waals surface area contributed by atoms with Crippen LogP contribution in [-0.2, 0) is 11.4 Å². The molecule has 0 amide bonds. The van der Waals surface area contributed by atoms with Crippen molar-refractivity contribution in [2.75, 3.05) is 13.7 Å². The molecule has 0 saturated heterocycles. The van der Waals surface area contributed by atoms with Crippen molar-refractivity contribution in [1.82, 2.24) is 10.2 Å². The minimum Gasteiger partial charge on any atom is -0.493 e. The van der Waals surface area contributed by atoms with Crippen LogP contribution in [0.1, 0.15) is 43.4 Å². The Balaban J connectivity index is 1.69. The van der Waals surface area contributed by atoms with Gasteiger partial charge >= 0.3 is 0 Å². The molecule has 1 atom stereocenters. The van der Waals surface area contributed by atoms with Crippen LogP contribution in [0.5, 0.6) is 11.5 Å². The minimum absolute atomic E-state index is 0.175. The summed E-state index contributed by atoms with van der Waals surface area (Å²) in [6.45, 7) is 3.10. The zero-order valence-corrected chi connectivity index (χ0v) is 19.2. The topological polar surface area (TPSA) is 50.8 Å². The SMILES string of the molecule is CCN1C(=S)NC(c2ccc(OC)c(OCc3ccccc3Cl)c2)C2=C1CCCC2=O. The fourth-order valence-corrected chi connectivity index (χ4v) is 4.74. The standard InChI is InChI=1S/C24H25ClN2O3S/c1-3-27-18-9-6-10-19(28)22(18)23(26-24(27)31)15-11-12-20(29-2)21(13-15)30-14-16-7-4-5-8-17(16)25/h4-5,7-8,11-13,23H,3,6,9-10,14H2,1-2H3,(H,26,31). The zero-order valence-electron chi connectivity index (χ0n) is 17.6. The average molecular weight is 457 g/mol. The van der Waals surface area contributed by atoms with E-state index in [1.54, 1.807) is 7.11 Å². The largest absolute Gasteiger partial charge is 0.493 e. The summed E-state index contributed by atoms with van der Waals surface area (Å²) in [5, 5.41) is 4.67. The average Bonchev–Trinajstić information content (AvgIpc) is 2.78. The number of benzene rings is 2. The number of carbonyl (C=O) groups excluding carboxylic acids is 1. The second-order valence-corrected chi connectivity index (χ2v) is 8.35. The first-order valence-electron chi connectivity index (χ1n) is 10.4. The number of nitrogens with one attached hydrogen (secondary N) is 1. The van der Waals surface area contributed by atoms with Crippen LogP contribution in [-0.4, -0.2) is 29.5 Å². The molecule has 1 unspecified atom stereocenters. The Kier molecular flexibility index (Phi) is 6.49. The summed E-state index contributed by atoms with van der Waals surface area (Å²) in [5.41, 5.74) is 3.65. The lowest BCUT2D eigenvalue weighted by atomic mass is 9.84. The number of hydrogen-bond acceptors (Lipinski definition) is 4. The number of methoxy groups -OCH3 is 1. The van der Waals surface area contributed by atoms with Crippen LogP contribution >= 0.6 is 23.8 Å². The van der Waals surface area contributed by atoms with Crippen LogP contribution in [0.15, 0.2) is 53.7 Å². The normalized spacial score (nSPS) is 18.5. The highest BCUT2D eigenvalue weighted by Gasteiger charge is 2.36. The third-order valence-corrected chi connectivity index (χ3v) is 6.44. The van der Waals surface area contributed by atoms with E-state index in [-0.39, 0.29) is 11.8 Å². The highest BCUT2D eigenvalue weighted by molar-refractivity contribution is 7.80. The summed E-state index contributed by atoms with van der Waals surface area (Å²) in [4.78, 5) is 14.9. The van der Waals surface area contributed by atoms with Crippen molar-refractivity contribution in [3.05, 3.63) is 69.9 Å². The molecule has 31 heavy (non-hydrogen) atoms. The van der Waals surface area contributed by atoms with Gasteiger partial charge in [0.15, 0.2) is 22.4 Å². The van der Waals surface area contributed by atoms with E-state index >= 15 is 0 Å². The number of carbonyl (C=O) groups is 1. The van der Waals surface area contributed by atoms with Crippen molar-refractivity contribution >= 4 is 34.7 Å². The maximum Gasteiger partial charge on any atom is 0.173 e. The number of Topliss-reactive ketones (excluding diaryl/α,β-unsaturated/α-hetero) is 1. The first kappa shape index (κ1) is 21.7. The molecular formula is C24H25ClN2O3S. The Labute approximate surface area is 193 Å². The molecule has 1 N–H and O–H groups in total. The van der Waals surface area contributed by atoms with E-state index in [0.29, 0.717) is 34.7 Å². The third-order valence-electron chi connectivity index (χ3n) is 5.73. The molecule has 162 valence electrons. The number of allylic oxidation sites excluding steroid dienone is 1. The zero-order chi connectivity index (χ0) is 22.0. The van der Waals surface area contributed by atoms with Gasteiger partial charge in [-0.1, -0.05) is 35.9 Å². The van der Waals surface area contributed by atoms with Gasteiger partial charge in [-0.25, -0.2) is 0 Å². The molecule has 0 saturated carbocycles. The second-order valence-electron chi connectivity index (χ2n) is 7.55. The molecule has 0 fully saturated rings. The summed E-state index contributed by atoms with van der Waals surface area (Å²) in [6.07, 6.45) is 2.28. The van der Waals surface area contributed by atoms with Crippen LogP contribution in [0.25, 0.3) is 0 Å². The van der Waals surface area contributed by atoms with Crippen LogP contribution < -0.4 is 14.8 Å². The van der Waals surface area contributed by atoms with Crippen molar-refractivity contribution in [1.29, 1.82) is 0 Å². The summed E-state index contributed by atoms with van der Waals surface area (Å²) < 4.78 is 11.6. The summed E-state index contributed by atoms with van der Waals surface area (Å²) >= 11 is 11.9. The van der Waals surface area contributed by atoms with Gasteiger partial charge in [-0.3, -0.25) is 4.79 Å². The lowest BCUT2D eigenvalue weighted by Crippen LogP contribution is -2.49. The van der Waals surface area contributed by atoms with Gasteiger partial charge in [0, 0.05) is 34.8 Å². The molecule has 5 nitrogen and oxygen atoms in total. The number of nitrogens with zero attached hydrogens (tertiary/aromatic N) is 1. The maximum absolute atomic E-state index is 12.9. The summed E-state index contributed by atoms with van der Waals surface area (Å²) in [7, 11) is 1.61.